The Morgan fingerprint density at radius 1 is 1.44 bits per heavy atom. The van der Waals surface area contributed by atoms with Crippen LogP contribution in [0.15, 0.2) is 41.1 Å². The van der Waals surface area contributed by atoms with Crippen molar-refractivity contribution in [2.45, 2.75) is 26.5 Å². The third-order valence-electron chi connectivity index (χ3n) is 2.88. The summed E-state index contributed by atoms with van der Waals surface area (Å²) in [5.41, 5.74) is 0.873. The molecule has 2 rings (SSSR count). The van der Waals surface area contributed by atoms with Crippen LogP contribution in [0, 0.1) is 0 Å². The van der Waals surface area contributed by atoms with Crippen molar-refractivity contribution >= 4 is 5.82 Å². The van der Waals surface area contributed by atoms with Crippen molar-refractivity contribution in [3.8, 4) is 0 Å². The Bertz CT molecular complexity index is 480. The summed E-state index contributed by atoms with van der Waals surface area (Å²) in [4.78, 5) is 6.45. The van der Waals surface area contributed by atoms with E-state index in [1.165, 1.54) is 0 Å². The van der Waals surface area contributed by atoms with Gasteiger partial charge in [-0.05, 0) is 43.7 Å². The highest BCUT2D eigenvalue weighted by molar-refractivity contribution is 5.41. The van der Waals surface area contributed by atoms with Crippen LogP contribution in [-0.2, 0) is 6.54 Å². The van der Waals surface area contributed by atoms with Gasteiger partial charge in [-0.15, -0.1) is 0 Å². The van der Waals surface area contributed by atoms with Crippen LogP contribution in [0.3, 0.4) is 0 Å². The Hall–Kier alpha value is -1.81. The minimum Gasteiger partial charge on any atom is -0.467 e. The van der Waals surface area contributed by atoms with Crippen molar-refractivity contribution in [3.63, 3.8) is 0 Å². The van der Waals surface area contributed by atoms with Gasteiger partial charge in [-0.25, -0.2) is 4.98 Å². The summed E-state index contributed by atoms with van der Waals surface area (Å²) in [5.74, 6) is 1.76. The van der Waals surface area contributed by atoms with E-state index in [4.69, 9.17) is 4.42 Å². The van der Waals surface area contributed by atoms with Gasteiger partial charge in [-0.1, -0.05) is 0 Å². The topological polar surface area (TPSA) is 49.5 Å². The highest BCUT2D eigenvalue weighted by atomic mass is 16.3. The lowest BCUT2D eigenvalue weighted by Crippen LogP contribution is -2.23. The van der Waals surface area contributed by atoms with Crippen molar-refractivity contribution in [1.29, 1.82) is 0 Å². The van der Waals surface area contributed by atoms with E-state index in [1.807, 2.05) is 24.3 Å². The van der Waals surface area contributed by atoms with Gasteiger partial charge in [-0.2, -0.15) is 0 Å². The number of hydrogen-bond acceptors (Lipinski definition) is 4. The van der Waals surface area contributed by atoms with Crippen LogP contribution in [0.4, 0.5) is 5.82 Å². The molecule has 0 aromatic carbocycles. The quantitative estimate of drug-likeness (QED) is 0.881. The highest BCUT2D eigenvalue weighted by Crippen LogP contribution is 2.19. The second kappa shape index (κ2) is 5.69. The Balaban J connectivity index is 2.19. The first-order chi connectivity index (χ1) is 8.70. The fraction of sp³-hybridized carbons (Fsp3) is 0.357. The lowest BCUT2D eigenvalue weighted by atomic mass is 10.1. The van der Waals surface area contributed by atoms with Crippen molar-refractivity contribution in [2.24, 2.45) is 0 Å². The molecule has 2 aromatic heterocycles. The van der Waals surface area contributed by atoms with E-state index in [9.17, 15) is 5.11 Å². The van der Waals surface area contributed by atoms with Gasteiger partial charge in [0.1, 0.15) is 11.6 Å². The van der Waals surface area contributed by atoms with Crippen molar-refractivity contribution in [2.75, 3.05) is 11.4 Å². The van der Waals surface area contributed by atoms with E-state index in [1.54, 1.807) is 19.4 Å². The van der Waals surface area contributed by atoms with Gasteiger partial charge in [0.15, 0.2) is 0 Å². The summed E-state index contributed by atoms with van der Waals surface area (Å²) in [7, 11) is 0. The molecule has 1 N–H and O–H groups in total. The minimum absolute atomic E-state index is 0.478. The smallest absolute Gasteiger partial charge is 0.129 e. The zero-order chi connectivity index (χ0) is 13.0. The monoisotopic (exact) mass is 246 g/mol. The number of hydrogen-bond donors (Lipinski definition) is 1. The highest BCUT2D eigenvalue weighted by Gasteiger charge is 2.10. The maximum atomic E-state index is 9.59. The average molecular weight is 246 g/mol. The van der Waals surface area contributed by atoms with Crippen molar-refractivity contribution in [3.05, 3.63) is 48.0 Å². The average Bonchev–Trinajstić information content (AvgIpc) is 2.89. The molecule has 4 heteroatoms. The molecule has 0 aliphatic carbocycles. The first kappa shape index (κ1) is 12.6. The molecular formula is C14H18N2O2. The van der Waals surface area contributed by atoms with E-state index in [0.717, 1.165) is 23.7 Å². The van der Waals surface area contributed by atoms with Gasteiger partial charge in [0.05, 0.1) is 18.9 Å². The fourth-order valence-electron chi connectivity index (χ4n) is 1.81. The van der Waals surface area contributed by atoms with Crippen LogP contribution in [0.5, 0.6) is 0 Å². The number of pyridine rings is 1. The molecule has 0 amide bonds. The fourth-order valence-corrected chi connectivity index (χ4v) is 1.81. The molecule has 1 unspecified atom stereocenters. The first-order valence-corrected chi connectivity index (χ1v) is 6.12. The molecule has 0 radical (unpaired) electrons. The van der Waals surface area contributed by atoms with Gasteiger partial charge in [0.25, 0.3) is 0 Å². The molecule has 0 aliphatic heterocycles. The molecule has 0 fully saturated rings. The number of rotatable bonds is 5. The first-order valence-electron chi connectivity index (χ1n) is 6.12. The molecule has 0 saturated carbocycles. The lowest BCUT2D eigenvalue weighted by Gasteiger charge is -2.21. The zero-order valence-electron chi connectivity index (χ0n) is 10.7. The molecular weight excluding hydrogens is 228 g/mol. The van der Waals surface area contributed by atoms with Gasteiger partial charge in [0, 0.05) is 12.7 Å². The number of anilines is 1. The van der Waals surface area contributed by atoms with E-state index >= 15 is 0 Å². The number of aromatic nitrogens is 1. The van der Waals surface area contributed by atoms with E-state index < -0.39 is 6.10 Å². The van der Waals surface area contributed by atoms with Gasteiger partial charge >= 0.3 is 0 Å². The van der Waals surface area contributed by atoms with Crippen LogP contribution in [0.1, 0.15) is 31.3 Å². The third-order valence-corrected chi connectivity index (χ3v) is 2.88. The molecule has 0 saturated heterocycles. The molecule has 0 spiro atoms. The summed E-state index contributed by atoms with van der Waals surface area (Å²) < 4.78 is 5.35. The number of furan rings is 1. The van der Waals surface area contributed by atoms with Crippen LogP contribution in [0.2, 0.25) is 0 Å². The predicted octanol–water partition coefficient (Wildman–Crippen LogP) is 2.75. The Labute approximate surface area is 107 Å². The molecule has 1 atom stereocenters. The number of nitrogens with zero attached hydrogens (tertiary/aromatic N) is 2. The second-order valence-corrected chi connectivity index (χ2v) is 4.22. The maximum absolute atomic E-state index is 9.59. The SMILES string of the molecule is CCN(Cc1ccco1)c1cc(C(C)O)ccn1. The Morgan fingerprint density at radius 3 is 2.89 bits per heavy atom. The van der Waals surface area contributed by atoms with Crippen molar-refractivity contribution in [1.82, 2.24) is 4.98 Å². The van der Waals surface area contributed by atoms with Crippen LogP contribution < -0.4 is 4.90 Å². The van der Waals surface area contributed by atoms with Crippen molar-refractivity contribution < 1.29 is 9.52 Å². The second-order valence-electron chi connectivity index (χ2n) is 4.22. The summed E-state index contributed by atoms with van der Waals surface area (Å²) in [5, 5.41) is 9.59. The van der Waals surface area contributed by atoms with Gasteiger partial charge < -0.3 is 14.4 Å². The minimum atomic E-state index is -0.478. The molecule has 0 aliphatic rings. The largest absolute Gasteiger partial charge is 0.467 e. The molecule has 4 nitrogen and oxygen atoms in total. The van der Waals surface area contributed by atoms with Gasteiger partial charge in [-0.3, -0.25) is 0 Å². The molecule has 96 valence electrons. The summed E-state index contributed by atoms with van der Waals surface area (Å²) in [6, 6.07) is 7.57. The molecule has 18 heavy (non-hydrogen) atoms. The van der Waals surface area contributed by atoms with E-state index in [2.05, 4.69) is 16.8 Å². The lowest BCUT2D eigenvalue weighted by molar-refractivity contribution is 0.199. The van der Waals surface area contributed by atoms with Gasteiger partial charge in [0.2, 0.25) is 0 Å². The third kappa shape index (κ3) is 2.90. The van der Waals surface area contributed by atoms with Crippen LogP contribution in [-0.4, -0.2) is 16.6 Å². The van der Waals surface area contributed by atoms with E-state index in [0.29, 0.717) is 6.54 Å². The number of aliphatic hydroxyl groups is 1. The predicted molar refractivity (Wildman–Crippen MR) is 70.3 cm³/mol. The summed E-state index contributed by atoms with van der Waals surface area (Å²) in [6.07, 6.45) is 2.92. The maximum Gasteiger partial charge on any atom is 0.129 e. The van der Waals surface area contributed by atoms with E-state index in [-0.39, 0.29) is 0 Å². The Kier molecular flexibility index (Phi) is 3.99. The molecule has 2 heterocycles. The molecule has 2 aromatic rings. The summed E-state index contributed by atoms with van der Waals surface area (Å²) in [6.45, 7) is 5.33. The summed E-state index contributed by atoms with van der Waals surface area (Å²) >= 11 is 0. The molecule has 0 bridgehead atoms. The zero-order valence-corrected chi connectivity index (χ0v) is 10.7. The standard InChI is InChI=1S/C14H18N2O2/c1-3-16(10-13-5-4-8-18-13)14-9-12(11(2)17)6-7-15-14/h4-9,11,17H,3,10H2,1-2H3. The normalized spacial score (nSPS) is 12.4. The number of aliphatic hydroxyl groups excluding tert-OH is 1. The van der Waals surface area contributed by atoms with Crippen LogP contribution >= 0.6 is 0 Å². The Morgan fingerprint density at radius 2 is 2.28 bits per heavy atom. The van der Waals surface area contributed by atoms with Crippen LogP contribution in [0.25, 0.3) is 0 Å².